The molecule has 0 radical (unpaired) electrons. The van der Waals surface area contributed by atoms with Crippen LogP contribution in [0.25, 0.3) is 5.70 Å². The molecule has 0 bridgehead atoms. The minimum Gasteiger partial charge on any atom is -0.494 e. The van der Waals surface area contributed by atoms with Gasteiger partial charge in [0.2, 0.25) is 0 Å². The number of rotatable bonds is 16. The number of nitrogen functional groups attached to an aromatic ring is 1. The molecular weight excluding hydrogens is 551 g/mol. The van der Waals surface area contributed by atoms with Gasteiger partial charge in [0, 0.05) is 24.5 Å². The number of hydrogen-bond acceptors (Lipinski definition) is 8. The van der Waals surface area contributed by atoms with Crippen molar-refractivity contribution in [3.63, 3.8) is 0 Å². The van der Waals surface area contributed by atoms with E-state index in [1.165, 1.54) is 0 Å². The number of halogens is 3. The molecule has 0 amide bonds. The molecule has 224 valence electrons. The van der Waals surface area contributed by atoms with Crippen LogP contribution < -0.4 is 20.9 Å². The SMILES string of the molecule is C=C(N)c1ccc(OCCCCCCOc2ccc(C(=N)N)cc2)cc1.O=S(=O)(C(CCO)CCO)C(F)(F)F. The van der Waals surface area contributed by atoms with Crippen LogP contribution >= 0.6 is 0 Å². The van der Waals surface area contributed by atoms with Crippen LogP contribution in [-0.4, -0.2) is 61.7 Å². The lowest BCUT2D eigenvalue weighted by Gasteiger charge is -2.17. The molecule has 0 heterocycles. The van der Waals surface area contributed by atoms with Crippen LogP contribution in [0.2, 0.25) is 0 Å². The molecule has 0 spiro atoms. The molecule has 9 nitrogen and oxygen atoms in total. The highest BCUT2D eigenvalue weighted by Gasteiger charge is 2.49. The Morgan fingerprint density at radius 1 is 0.825 bits per heavy atom. The zero-order valence-corrected chi connectivity index (χ0v) is 23.0. The molecule has 13 heteroatoms. The molecule has 7 N–H and O–H groups in total. The van der Waals surface area contributed by atoms with Gasteiger partial charge in [0.25, 0.3) is 9.84 Å². The predicted octanol–water partition coefficient (Wildman–Crippen LogP) is 3.97. The summed E-state index contributed by atoms with van der Waals surface area (Å²) in [6.07, 6.45) is 3.16. The van der Waals surface area contributed by atoms with Crippen LogP contribution in [0.3, 0.4) is 0 Å². The molecular formula is C27H38F3N3O6S. The molecule has 0 saturated carbocycles. The van der Waals surface area contributed by atoms with E-state index in [9.17, 15) is 21.6 Å². The fraction of sp³-hybridized carbons (Fsp3) is 0.444. The van der Waals surface area contributed by atoms with Crippen molar-refractivity contribution in [2.75, 3.05) is 26.4 Å². The Morgan fingerprint density at radius 3 is 1.55 bits per heavy atom. The van der Waals surface area contributed by atoms with E-state index >= 15 is 0 Å². The average Bonchev–Trinajstić information content (AvgIpc) is 2.90. The second-order valence-electron chi connectivity index (χ2n) is 8.74. The van der Waals surface area contributed by atoms with Crippen LogP contribution in [-0.2, 0) is 9.84 Å². The molecule has 0 fully saturated rings. The van der Waals surface area contributed by atoms with Gasteiger partial charge in [-0.15, -0.1) is 0 Å². The van der Waals surface area contributed by atoms with Crippen molar-refractivity contribution in [1.82, 2.24) is 0 Å². The fourth-order valence-corrected chi connectivity index (χ4v) is 4.57. The number of aliphatic hydroxyl groups is 2. The second kappa shape index (κ2) is 17.4. The van der Waals surface area contributed by atoms with Gasteiger partial charge in [-0.25, -0.2) is 8.42 Å². The number of nitrogens with one attached hydrogen (secondary N) is 1. The second-order valence-corrected chi connectivity index (χ2v) is 11.0. The highest BCUT2D eigenvalue weighted by Crippen LogP contribution is 2.29. The average molecular weight is 590 g/mol. The monoisotopic (exact) mass is 589 g/mol. The van der Waals surface area contributed by atoms with E-state index in [0.717, 1.165) is 42.7 Å². The zero-order valence-electron chi connectivity index (χ0n) is 22.2. The van der Waals surface area contributed by atoms with Gasteiger partial charge in [-0.1, -0.05) is 6.58 Å². The normalized spacial score (nSPS) is 11.4. The van der Waals surface area contributed by atoms with Crippen molar-refractivity contribution in [2.24, 2.45) is 11.5 Å². The topological polar surface area (TPSA) is 169 Å². The van der Waals surface area contributed by atoms with Gasteiger partial charge >= 0.3 is 5.51 Å². The first kappa shape index (κ1) is 34.7. The molecule has 0 aliphatic carbocycles. The highest BCUT2D eigenvalue weighted by atomic mass is 32.2. The number of ether oxygens (including phenoxy) is 2. The molecule has 0 aliphatic heterocycles. The summed E-state index contributed by atoms with van der Waals surface area (Å²) in [5.41, 5.74) is 7.93. The lowest BCUT2D eigenvalue weighted by atomic mass is 10.2. The zero-order chi connectivity index (χ0) is 30.2. The smallest absolute Gasteiger partial charge is 0.494 e. The Morgan fingerprint density at radius 2 is 1.23 bits per heavy atom. The number of hydrogen-bond donors (Lipinski definition) is 5. The van der Waals surface area contributed by atoms with Crippen LogP contribution in [0.4, 0.5) is 13.2 Å². The molecule has 2 aromatic carbocycles. The fourth-order valence-electron chi connectivity index (χ4n) is 3.37. The molecule has 0 unspecified atom stereocenters. The maximum atomic E-state index is 12.0. The maximum absolute atomic E-state index is 12.0. The van der Waals surface area contributed by atoms with Gasteiger partial charge in [-0.05, 0) is 92.6 Å². The lowest BCUT2D eigenvalue weighted by molar-refractivity contribution is -0.0448. The van der Waals surface area contributed by atoms with Crippen molar-refractivity contribution in [2.45, 2.75) is 49.3 Å². The summed E-state index contributed by atoms with van der Waals surface area (Å²) in [4.78, 5) is 0. The number of unbranched alkanes of at least 4 members (excludes halogenated alkanes) is 3. The minimum atomic E-state index is -5.33. The first-order chi connectivity index (χ1) is 18.8. The van der Waals surface area contributed by atoms with Crippen molar-refractivity contribution >= 4 is 21.4 Å². The summed E-state index contributed by atoms with van der Waals surface area (Å²) < 4.78 is 68.9. The van der Waals surface area contributed by atoms with E-state index in [4.69, 9.17) is 36.6 Å². The van der Waals surface area contributed by atoms with Gasteiger partial charge < -0.3 is 31.2 Å². The van der Waals surface area contributed by atoms with E-state index in [0.29, 0.717) is 24.5 Å². The molecule has 2 aromatic rings. The number of benzene rings is 2. The van der Waals surface area contributed by atoms with Crippen molar-refractivity contribution in [1.29, 1.82) is 5.41 Å². The summed E-state index contributed by atoms with van der Waals surface area (Å²) in [6.45, 7) is 3.77. The number of nitrogens with two attached hydrogens (primary N) is 2. The number of sulfone groups is 1. The summed E-state index contributed by atoms with van der Waals surface area (Å²) in [5, 5.41) is 22.3. The third kappa shape index (κ3) is 12.3. The largest absolute Gasteiger partial charge is 0.497 e. The van der Waals surface area contributed by atoms with Gasteiger partial charge in [-0.2, -0.15) is 13.2 Å². The van der Waals surface area contributed by atoms with E-state index in [2.05, 4.69) is 6.58 Å². The Balaban J connectivity index is 0.000000486. The first-order valence-electron chi connectivity index (χ1n) is 12.6. The Kier molecular flexibility index (Phi) is 15.1. The van der Waals surface area contributed by atoms with Crippen molar-refractivity contribution in [3.8, 4) is 11.5 Å². The minimum absolute atomic E-state index is 0.0690. The number of aliphatic hydroxyl groups excluding tert-OH is 2. The van der Waals surface area contributed by atoms with Gasteiger partial charge in [0.15, 0.2) is 0 Å². The van der Waals surface area contributed by atoms with Crippen molar-refractivity contribution < 1.29 is 41.3 Å². The molecule has 0 aromatic heterocycles. The van der Waals surface area contributed by atoms with Crippen LogP contribution in [0.5, 0.6) is 11.5 Å². The summed E-state index contributed by atoms with van der Waals surface area (Å²) in [7, 11) is -5.28. The van der Waals surface area contributed by atoms with Crippen LogP contribution in [0.1, 0.15) is 49.7 Å². The number of alkyl halides is 3. The Hall–Kier alpha value is -3.29. The molecule has 40 heavy (non-hydrogen) atoms. The van der Waals surface area contributed by atoms with E-state index < -0.39 is 46.7 Å². The van der Waals surface area contributed by atoms with Crippen molar-refractivity contribution in [3.05, 3.63) is 66.2 Å². The van der Waals surface area contributed by atoms with E-state index in [1.807, 2.05) is 36.4 Å². The molecule has 0 saturated heterocycles. The molecule has 0 aliphatic rings. The van der Waals surface area contributed by atoms with E-state index in [-0.39, 0.29) is 5.84 Å². The maximum Gasteiger partial charge on any atom is 0.497 e. The summed E-state index contributed by atoms with van der Waals surface area (Å²) in [5.74, 6) is 1.73. The van der Waals surface area contributed by atoms with Gasteiger partial charge in [-0.3, -0.25) is 5.41 Å². The third-order valence-corrected chi connectivity index (χ3v) is 7.62. The van der Waals surface area contributed by atoms with E-state index in [1.54, 1.807) is 12.1 Å². The van der Waals surface area contributed by atoms with Gasteiger partial charge in [0.1, 0.15) is 17.3 Å². The Labute approximate surface area is 233 Å². The molecule has 0 atom stereocenters. The first-order valence-corrected chi connectivity index (χ1v) is 14.1. The standard InChI is InChI=1S/C21H27N3O2.C6H11F3O4S/c1-16(22)17-6-10-19(11-7-17)25-14-4-2-3-5-15-26-20-12-8-18(9-13-20)21(23)24;7-6(8,9)14(12,13)5(1-3-10)2-4-11/h6-13H,1-5,14-15,22H2,(H3,23,24);5,10-11H,1-4H2. The summed E-state index contributed by atoms with van der Waals surface area (Å²) >= 11 is 0. The van der Waals surface area contributed by atoms with Crippen LogP contribution in [0.15, 0.2) is 55.1 Å². The van der Waals surface area contributed by atoms with Gasteiger partial charge in [0.05, 0.1) is 18.5 Å². The molecule has 2 rings (SSSR count). The Bertz CT molecular complexity index is 1070. The lowest BCUT2D eigenvalue weighted by Crippen LogP contribution is -2.35. The number of amidine groups is 1. The quantitative estimate of drug-likeness (QED) is 0.111. The predicted molar refractivity (Wildman–Crippen MR) is 149 cm³/mol. The third-order valence-electron chi connectivity index (χ3n) is 5.63. The highest BCUT2D eigenvalue weighted by molar-refractivity contribution is 7.92. The summed E-state index contributed by atoms with van der Waals surface area (Å²) in [6, 6.07) is 14.9. The van der Waals surface area contributed by atoms with Crippen LogP contribution in [0, 0.1) is 5.41 Å².